The molecule has 1 aliphatic rings. The Kier molecular flexibility index (Phi) is 2.36. The maximum Gasteiger partial charge on any atom is 0.105 e. The van der Waals surface area contributed by atoms with Crippen LogP contribution in [-0.2, 0) is 13.0 Å². The second-order valence-electron chi connectivity index (χ2n) is 3.89. The maximum absolute atomic E-state index is 5.57. The number of aromatic nitrogens is 2. The lowest BCUT2D eigenvalue weighted by Gasteiger charge is -2.24. The van der Waals surface area contributed by atoms with Crippen molar-refractivity contribution in [3.8, 4) is 0 Å². The van der Waals surface area contributed by atoms with E-state index < -0.39 is 0 Å². The largest absolute Gasteiger partial charge is 0.332 e. The SMILES string of the molecule is Cc1ncc2n1CC(CCN)CC2. The van der Waals surface area contributed by atoms with Crippen molar-refractivity contribution < 1.29 is 0 Å². The lowest BCUT2D eigenvalue weighted by Crippen LogP contribution is -2.22. The second-order valence-corrected chi connectivity index (χ2v) is 3.89. The van der Waals surface area contributed by atoms with Crippen LogP contribution < -0.4 is 5.73 Å². The molecular formula is C10H17N3. The van der Waals surface area contributed by atoms with Gasteiger partial charge >= 0.3 is 0 Å². The average molecular weight is 179 g/mol. The maximum atomic E-state index is 5.57. The molecule has 1 atom stereocenters. The molecular weight excluding hydrogens is 162 g/mol. The Morgan fingerprint density at radius 3 is 3.31 bits per heavy atom. The number of nitrogens with two attached hydrogens (primary N) is 1. The molecule has 1 unspecified atom stereocenters. The van der Waals surface area contributed by atoms with Gasteiger partial charge in [-0.1, -0.05) is 0 Å². The Labute approximate surface area is 79.0 Å². The summed E-state index contributed by atoms with van der Waals surface area (Å²) < 4.78 is 2.34. The Hall–Kier alpha value is -0.830. The van der Waals surface area contributed by atoms with Gasteiger partial charge in [0, 0.05) is 18.4 Å². The number of imidazole rings is 1. The van der Waals surface area contributed by atoms with E-state index in [1.807, 2.05) is 6.20 Å². The number of aryl methyl sites for hydroxylation is 2. The molecule has 1 aliphatic heterocycles. The highest BCUT2D eigenvalue weighted by Gasteiger charge is 2.18. The Morgan fingerprint density at radius 2 is 2.54 bits per heavy atom. The summed E-state index contributed by atoms with van der Waals surface area (Å²) in [5.41, 5.74) is 6.96. The van der Waals surface area contributed by atoms with Gasteiger partial charge in [0.25, 0.3) is 0 Å². The van der Waals surface area contributed by atoms with Gasteiger partial charge in [-0.15, -0.1) is 0 Å². The molecule has 13 heavy (non-hydrogen) atoms. The van der Waals surface area contributed by atoms with Crippen molar-refractivity contribution in [2.75, 3.05) is 6.54 Å². The minimum absolute atomic E-state index is 0.769. The normalized spacial score (nSPS) is 21.5. The third-order valence-corrected chi connectivity index (χ3v) is 2.96. The van der Waals surface area contributed by atoms with Crippen LogP contribution in [-0.4, -0.2) is 16.1 Å². The first-order chi connectivity index (χ1) is 6.31. The van der Waals surface area contributed by atoms with Crippen molar-refractivity contribution in [2.24, 2.45) is 11.7 Å². The molecule has 2 rings (SSSR count). The molecule has 0 fully saturated rings. The van der Waals surface area contributed by atoms with Crippen LogP contribution in [0.2, 0.25) is 0 Å². The first-order valence-corrected chi connectivity index (χ1v) is 5.02. The number of hydrogen-bond donors (Lipinski definition) is 1. The topological polar surface area (TPSA) is 43.8 Å². The molecule has 2 heterocycles. The molecule has 3 nitrogen and oxygen atoms in total. The third kappa shape index (κ3) is 1.61. The fourth-order valence-corrected chi connectivity index (χ4v) is 2.14. The molecule has 72 valence electrons. The van der Waals surface area contributed by atoms with E-state index in [-0.39, 0.29) is 0 Å². The highest BCUT2D eigenvalue weighted by Crippen LogP contribution is 2.22. The average Bonchev–Trinajstić information content (AvgIpc) is 2.49. The molecule has 0 aliphatic carbocycles. The minimum Gasteiger partial charge on any atom is -0.332 e. The standard InChI is InChI=1S/C10H17N3/c1-8-12-6-10-3-2-9(4-5-11)7-13(8)10/h6,9H,2-5,7,11H2,1H3. The van der Waals surface area contributed by atoms with Crippen LogP contribution in [0.3, 0.4) is 0 Å². The molecule has 0 spiro atoms. The van der Waals surface area contributed by atoms with Crippen LogP contribution in [0.25, 0.3) is 0 Å². The Bertz CT molecular complexity index is 290. The van der Waals surface area contributed by atoms with Gasteiger partial charge in [-0.05, 0) is 38.6 Å². The quantitative estimate of drug-likeness (QED) is 0.739. The predicted molar refractivity (Wildman–Crippen MR) is 52.4 cm³/mol. The predicted octanol–water partition coefficient (Wildman–Crippen LogP) is 1.10. The highest BCUT2D eigenvalue weighted by molar-refractivity contribution is 5.07. The van der Waals surface area contributed by atoms with Gasteiger partial charge in [0.1, 0.15) is 5.82 Å². The van der Waals surface area contributed by atoms with Crippen molar-refractivity contribution in [2.45, 2.75) is 32.7 Å². The van der Waals surface area contributed by atoms with Crippen LogP contribution in [0.1, 0.15) is 24.4 Å². The number of rotatable bonds is 2. The first-order valence-electron chi connectivity index (χ1n) is 5.02. The van der Waals surface area contributed by atoms with Gasteiger partial charge in [-0.3, -0.25) is 0 Å². The lowest BCUT2D eigenvalue weighted by molar-refractivity contribution is 0.349. The summed E-state index contributed by atoms with van der Waals surface area (Å²) in [5, 5.41) is 0. The fraction of sp³-hybridized carbons (Fsp3) is 0.700. The summed E-state index contributed by atoms with van der Waals surface area (Å²) in [6.07, 6.45) is 5.61. The van der Waals surface area contributed by atoms with E-state index in [1.165, 1.54) is 18.5 Å². The van der Waals surface area contributed by atoms with Gasteiger partial charge in [0.2, 0.25) is 0 Å². The van der Waals surface area contributed by atoms with Crippen LogP contribution in [0, 0.1) is 12.8 Å². The van der Waals surface area contributed by atoms with Crippen LogP contribution in [0.5, 0.6) is 0 Å². The molecule has 3 heteroatoms. The zero-order valence-corrected chi connectivity index (χ0v) is 8.16. The molecule has 1 aromatic rings. The monoisotopic (exact) mass is 179 g/mol. The van der Waals surface area contributed by atoms with Crippen molar-refractivity contribution >= 4 is 0 Å². The van der Waals surface area contributed by atoms with Crippen molar-refractivity contribution in [1.82, 2.24) is 9.55 Å². The Morgan fingerprint density at radius 1 is 1.69 bits per heavy atom. The van der Waals surface area contributed by atoms with Crippen LogP contribution in [0.4, 0.5) is 0 Å². The van der Waals surface area contributed by atoms with E-state index in [4.69, 9.17) is 5.73 Å². The summed E-state index contributed by atoms with van der Waals surface area (Å²) in [6.45, 7) is 4.01. The van der Waals surface area contributed by atoms with E-state index >= 15 is 0 Å². The third-order valence-electron chi connectivity index (χ3n) is 2.96. The van der Waals surface area contributed by atoms with Gasteiger partial charge in [0.15, 0.2) is 0 Å². The summed E-state index contributed by atoms with van der Waals surface area (Å²) in [7, 11) is 0. The summed E-state index contributed by atoms with van der Waals surface area (Å²) in [4.78, 5) is 4.32. The molecule has 1 aromatic heterocycles. The lowest BCUT2D eigenvalue weighted by atomic mass is 9.95. The van der Waals surface area contributed by atoms with Crippen molar-refractivity contribution in [3.63, 3.8) is 0 Å². The molecule has 0 bridgehead atoms. The Balaban J connectivity index is 2.13. The second kappa shape index (κ2) is 3.50. The molecule has 0 saturated carbocycles. The number of hydrogen-bond acceptors (Lipinski definition) is 2. The minimum atomic E-state index is 0.769. The first kappa shape index (κ1) is 8.75. The van der Waals surface area contributed by atoms with E-state index in [0.717, 1.165) is 31.3 Å². The smallest absolute Gasteiger partial charge is 0.105 e. The summed E-state index contributed by atoms with van der Waals surface area (Å²) in [5.74, 6) is 1.92. The highest BCUT2D eigenvalue weighted by atomic mass is 15.1. The fourth-order valence-electron chi connectivity index (χ4n) is 2.14. The van der Waals surface area contributed by atoms with E-state index in [0.29, 0.717) is 0 Å². The van der Waals surface area contributed by atoms with Crippen LogP contribution >= 0.6 is 0 Å². The van der Waals surface area contributed by atoms with Gasteiger partial charge in [-0.2, -0.15) is 0 Å². The molecule has 0 saturated heterocycles. The molecule has 0 amide bonds. The van der Waals surface area contributed by atoms with Gasteiger partial charge in [0.05, 0.1) is 0 Å². The summed E-state index contributed by atoms with van der Waals surface area (Å²) in [6, 6.07) is 0. The van der Waals surface area contributed by atoms with Gasteiger partial charge in [-0.25, -0.2) is 4.98 Å². The van der Waals surface area contributed by atoms with E-state index in [2.05, 4.69) is 16.5 Å². The van der Waals surface area contributed by atoms with E-state index in [1.54, 1.807) is 0 Å². The zero-order chi connectivity index (χ0) is 9.26. The van der Waals surface area contributed by atoms with Crippen molar-refractivity contribution in [3.05, 3.63) is 17.7 Å². The number of fused-ring (bicyclic) bond motifs is 1. The molecule has 2 N–H and O–H groups in total. The molecule has 0 aromatic carbocycles. The number of nitrogens with zero attached hydrogens (tertiary/aromatic N) is 2. The molecule has 0 radical (unpaired) electrons. The van der Waals surface area contributed by atoms with Crippen LogP contribution in [0.15, 0.2) is 6.20 Å². The zero-order valence-electron chi connectivity index (χ0n) is 8.16. The van der Waals surface area contributed by atoms with E-state index in [9.17, 15) is 0 Å². The van der Waals surface area contributed by atoms with Crippen molar-refractivity contribution in [1.29, 1.82) is 0 Å². The summed E-state index contributed by atoms with van der Waals surface area (Å²) >= 11 is 0. The van der Waals surface area contributed by atoms with Gasteiger partial charge < -0.3 is 10.3 Å².